The Morgan fingerprint density at radius 1 is 1.53 bits per heavy atom. The standard InChI is InChI=1S/C12H15N3O4/c16-12(7-9-8-19-6-5-13-9)14-10-3-1-2-4-11(10)15(17)18/h1-4,9,13H,5-8H2,(H,14,16). The summed E-state index contributed by atoms with van der Waals surface area (Å²) in [7, 11) is 0. The van der Waals surface area contributed by atoms with Crippen molar-refractivity contribution in [2.75, 3.05) is 25.1 Å². The second-order valence-electron chi connectivity index (χ2n) is 4.25. The molecule has 2 rings (SSSR count). The molecule has 1 aromatic carbocycles. The van der Waals surface area contributed by atoms with Gasteiger partial charge in [-0.15, -0.1) is 0 Å². The first-order valence-corrected chi connectivity index (χ1v) is 6.01. The molecular formula is C12H15N3O4. The molecule has 1 unspecified atom stereocenters. The fourth-order valence-electron chi connectivity index (χ4n) is 1.91. The maximum Gasteiger partial charge on any atom is 0.292 e. The van der Waals surface area contributed by atoms with Gasteiger partial charge in [-0.3, -0.25) is 14.9 Å². The average Bonchev–Trinajstić information content (AvgIpc) is 2.40. The first kappa shape index (κ1) is 13.4. The minimum Gasteiger partial charge on any atom is -0.378 e. The lowest BCUT2D eigenvalue weighted by Gasteiger charge is -2.23. The van der Waals surface area contributed by atoms with E-state index in [9.17, 15) is 14.9 Å². The Hall–Kier alpha value is -1.99. The minimum absolute atomic E-state index is 0.0449. The van der Waals surface area contributed by atoms with Gasteiger partial charge in [0, 0.05) is 25.1 Å². The Morgan fingerprint density at radius 2 is 2.32 bits per heavy atom. The lowest BCUT2D eigenvalue weighted by atomic mass is 10.2. The van der Waals surface area contributed by atoms with Crippen molar-refractivity contribution < 1.29 is 14.5 Å². The number of rotatable bonds is 4. The van der Waals surface area contributed by atoms with Gasteiger partial charge in [-0.05, 0) is 6.07 Å². The van der Waals surface area contributed by atoms with E-state index in [-0.39, 0.29) is 29.7 Å². The number of nitrogens with one attached hydrogen (secondary N) is 2. The van der Waals surface area contributed by atoms with Crippen LogP contribution in [0.15, 0.2) is 24.3 Å². The molecule has 0 radical (unpaired) electrons. The lowest BCUT2D eigenvalue weighted by Crippen LogP contribution is -2.43. The third kappa shape index (κ3) is 3.73. The van der Waals surface area contributed by atoms with Crippen LogP contribution in [0.3, 0.4) is 0 Å². The summed E-state index contributed by atoms with van der Waals surface area (Å²) < 4.78 is 5.24. The maximum absolute atomic E-state index is 11.8. The first-order chi connectivity index (χ1) is 9.16. The number of nitrogens with zero attached hydrogens (tertiary/aromatic N) is 1. The summed E-state index contributed by atoms with van der Waals surface area (Å²) in [6.07, 6.45) is 0.228. The van der Waals surface area contributed by atoms with E-state index in [0.717, 1.165) is 0 Å². The molecule has 7 nitrogen and oxygen atoms in total. The van der Waals surface area contributed by atoms with E-state index in [0.29, 0.717) is 19.8 Å². The summed E-state index contributed by atoms with van der Waals surface area (Å²) >= 11 is 0. The summed E-state index contributed by atoms with van der Waals surface area (Å²) in [6, 6.07) is 6.03. The van der Waals surface area contributed by atoms with Crippen LogP contribution in [0.2, 0.25) is 0 Å². The number of ether oxygens (including phenoxy) is 1. The van der Waals surface area contributed by atoms with E-state index in [1.807, 2.05) is 0 Å². The van der Waals surface area contributed by atoms with Crippen LogP contribution in [0.4, 0.5) is 11.4 Å². The van der Waals surface area contributed by atoms with E-state index in [1.165, 1.54) is 12.1 Å². The van der Waals surface area contributed by atoms with Crippen molar-refractivity contribution in [1.29, 1.82) is 0 Å². The molecule has 102 valence electrons. The van der Waals surface area contributed by atoms with Gasteiger partial charge in [-0.1, -0.05) is 12.1 Å². The van der Waals surface area contributed by atoms with Crippen molar-refractivity contribution in [3.63, 3.8) is 0 Å². The molecule has 0 saturated carbocycles. The highest BCUT2D eigenvalue weighted by Gasteiger charge is 2.19. The van der Waals surface area contributed by atoms with Crippen molar-refractivity contribution in [3.8, 4) is 0 Å². The van der Waals surface area contributed by atoms with Gasteiger partial charge in [0.05, 0.1) is 18.1 Å². The molecule has 1 amide bonds. The second-order valence-corrected chi connectivity index (χ2v) is 4.25. The van der Waals surface area contributed by atoms with Crippen LogP contribution >= 0.6 is 0 Å². The van der Waals surface area contributed by atoms with Crippen molar-refractivity contribution in [2.24, 2.45) is 0 Å². The van der Waals surface area contributed by atoms with Crippen LogP contribution in [0.5, 0.6) is 0 Å². The quantitative estimate of drug-likeness (QED) is 0.623. The number of hydrogen-bond donors (Lipinski definition) is 2. The Balaban J connectivity index is 1.96. The largest absolute Gasteiger partial charge is 0.378 e. The predicted octanol–water partition coefficient (Wildman–Crippen LogP) is 0.912. The molecule has 1 fully saturated rings. The Kier molecular flexibility index (Phi) is 4.43. The SMILES string of the molecule is O=C(CC1COCCN1)Nc1ccccc1[N+](=O)[O-]. The molecule has 2 N–H and O–H groups in total. The summed E-state index contributed by atoms with van der Waals surface area (Å²) in [5, 5.41) is 16.5. The predicted molar refractivity (Wildman–Crippen MR) is 69.0 cm³/mol. The van der Waals surface area contributed by atoms with Gasteiger partial charge in [0.25, 0.3) is 5.69 Å². The van der Waals surface area contributed by atoms with Crippen molar-refractivity contribution >= 4 is 17.3 Å². The molecule has 1 aliphatic heterocycles. The number of nitro groups is 1. The molecule has 1 aliphatic rings. The third-order valence-electron chi connectivity index (χ3n) is 2.81. The lowest BCUT2D eigenvalue weighted by molar-refractivity contribution is -0.383. The highest BCUT2D eigenvalue weighted by atomic mass is 16.6. The molecule has 1 heterocycles. The Labute approximate surface area is 110 Å². The maximum atomic E-state index is 11.8. The summed E-state index contributed by atoms with van der Waals surface area (Å²) in [5.41, 5.74) is 0.109. The number of carbonyl (C=O) groups is 1. The van der Waals surface area contributed by atoms with Crippen molar-refractivity contribution in [3.05, 3.63) is 34.4 Å². The van der Waals surface area contributed by atoms with Crippen LogP contribution in [-0.4, -0.2) is 36.6 Å². The molecule has 1 saturated heterocycles. The van der Waals surface area contributed by atoms with Gasteiger partial charge in [0.1, 0.15) is 5.69 Å². The number of benzene rings is 1. The van der Waals surface area contributed by atoms with Crippen molar-refractivity contribution in [2.45, 2.75) is 12.5 Å². The van der Waals surface area contributed by atoms with Crippen LogP contribution in [0, 0.1) is 10.1 Å². The van der Waals surface area contributed by atoms with Crippen molar-refractivity contribution in [1.82, 2.24) is 5.32 Å². The molecule has 1 atom stereocenters. The zero-order valence-corrected chi connectivity index (χ0v) is 10.3. The fourth-order valence-corrected chi connectivity index (χ4v) is 1.91. The van der Waals surface area contributed by atoms with Crippen LogP contribution in [0.25, 0.3) is 0 Å². The molecule has 0 spiro atoms. The van der Waals surface area contributed by atoms with E-state index in [4.69, 9.17) is 4.74 Å². The number of amides is 1. The number of para-hydroxylation sites is 2. The van der Waals surface area contributed by atoms with Gasteiger partial charge >= 0.3 is 0 Å². The fraction of sp³-hybridized carbons (Fsp3) is 0.417. The number of carbonyl (C=O) groups excluding carboxylic acids is 1. The summed E-state index contributed by atoms with van der Waals surface area (Å²) in [4.78, 5) is 22.1. The highest BCUT2D eigenvalue weighted by molar-refractivity contribution is 5.93. The van der Waals surface area contributed by atoms with E-state index in [2.05, 4.69) is 10.6 Å². The normalized spacial score (nSPS) is 18.8. The molecule has 0 bridgehead atoms. The van der Waals surface area contributed by atoms with Crippen LogP contribution in [-0.2, 0) is 9.53 Å². The van der Waals surface area contributed by atoms with Gasteiger partial charge < -0.3 is 15.4 Å². The number of hydrogen-bond acceptors (Lipinski definition) is 5. The highest BCUT2D eigenvalue weighted by Crippen LogP contribution is 2.23. The van der Waals surface area contributed by atoms with Gasteiger partial charge in [0.15, 0.2) is 0 Å². The summed E-state index contributed by atoms with van der Waals surface area (Å²) in [5.74, 6) is -0.266. The molecule has 19 heavy (non-hydrogen) atoms. The Morgan fingerprint density at radius 3 is 3.00 bits per heavy atom. The van der Waals surface area contributed by atoms with Gasteiger partial charge in [-0.25, -0.2) is 0 Å². The topological polar surface area (TPSA) is 93.5 Å². The molecule has 7 heteroatoms. The zero-order valence-electron chi connectivity index (χ0n) is 10.3. The van der Waals surface area contributed by atoms with Gasteiger partial charge in [-0.2, -0.15) is 0 Å². The van der Waals surface area contributed by atoms with Crippen LogP contribution in [0.1, 0.15) is 6.42 Å². The Bertz CT molecular complexity index is 472. The van der Waals surface area contributed by atoms with E-state index >= 15 is 0 Å². The monoisotopic (exact) mass is 265 g/mol. The minimum atomic E-state index is -0.516. The number of nitro benzene ring substituents is 1. The third-order valence-corrected chi connectivity index (χ3v) is 2.81. The molecular weight excluding hydrogens is 250 g/mol. The van der Waals surface area contributed by atoms with Gasteiger partial charge in [0.2, 0.25) is 5.91 Å². The second kappa shape index (κ2) is 6.26. The molecule has 0 aromatic heterocycles. The smallest absolute Gasteiger partial charge is 0.292 e. The van der Waals surface area contributed by atoms with Crippen LogP contribution < -0.4 is 10.6 Å². The molecule has 0 aliphatic carbocycles. The number of anilines is 1. The van der Waals surface area contributed by atoms with E-state index in [1.54, 1.807) is 12.1 Å². The average molecular weight is 265 g/mol. The summed E-state index contributed by atoms with van der Waals surface area (Å²) in [6.45, 7) is 1.83. The first-order valence-electron chi connectivity index (χ1n) is 6.01. The zero-order chi connectivity index (χ0) is 13.7. The van der Waals surface area contributed by atoms with E-state index < -0.39 is 4.92 Å². The number of morpholine rings is 1. The molecule has 1 aromatic rings.